The van der Waals surface area contributed by atoms with Crippen molar-refractivity contribution < 1.29 is 5.11 Å². The van der Waals surface area contributed by atoms with Crippen LogP contribution in [-0.4, -0.2) is 28.0 Å². The maximum absolute atomic E-state index is 9.03. The maximum Gasteiger partial charge on any atom is 0.0641 e. The Morgan fingerprint density at radius 2 is 2.29 bits per heavy atom. The largest absolute Gasteiger partial charge is 0.396 e. The third-order valence-electron chi connectivity index (χ3n) is 3.90. The number of nitrogens with one attached hydrogen (secondary N) is 1. The van der Waals surface area contributed by atoms with Gasteiger partial charge in [0.25, 0.3) is 0 Å². The summed E-state index contributed by atoms with van der Waals surface area (Å²) in [5.74, 6) is 0. The van der Waals surface area contributed by atoms with E-state index >= 15 is 0 Å². The topological polar surface area (TPSA) is 50.1 Å². The molecule has 0 bridgehead atoms. The summed E-state index contributed by atoms with van der Waals surface area (Å²) >= 11 is 0. The first-order valence-corrected chi connectivity index (χ1v) is 6.41. The number of hydrogen-bond acceptors (Lipinski definition) is 3. The summed E-state index contributed by atoms with van der Waals surface area (Å²) in [7, 11) is 1.96. The quantitative estimate of drug-likeness (QED) is 0.789. The van der Waals surface area contributed by atoms with Gasteiger partial charge in [0.1, 0.15) is 0 Å². The molecule has 0 radical (unpaired) electrons. The first-order chi connectivity index (χ1) is 8.06. The number of aromatic nitrogens is 2. The molecule has 1 aromatic rings. The summed E-state index contributed by atoms with van der Waals surface area (Å²) < 4.78 is 1.86. The molecule has 1 heterocycles. The van der Waals surface area contributed by atoms with Crippen LogP contribution in [0.1, 0.15) is 43.5 Å². The van der Waals surface area contributed by atoms with E-state index < -0.39 is 0 Å². The Balaban J connectivity index is 1.89. The Bertz CT molecular complexity index is 382. The molecule has 4 heteroatoms. The highest BCUT2D eigenvalue weighted by Crippen LogP contribution is 2.48. The fraction of sp³-hybridized carbons (Fsp3) is 0.769. The SMILES string of the molecule is Cc1nn(C)cc1C(C)NCC1(CCO)CC1. The van der Waals surface area contributed by atoms with Crippen LogP contribution in [0, 0.1) is 12.3 Å². The Morgan fingerprint density at radius 1 is 1.59 bits per heavy atom. The summed E-state index contributed by atoms with van der Waals surface area (Å²) in [6, 6.07) is 0.333. The molecule has 0 aromatic carbocycles. The van der Waals surface area contributed by atoms with Crippen molar-refractivity contribution in [3.63, 3.8) is 0 Å². The lowest BCUT2D eigenvalue weighted by Crippen LogP contribution is -2.27. The minimum absolute atomic E-state index is 0.308. The predicted octanol–water partition coefficient (Wildman–Crippen LogP) is 1.54. The molecule has 1 fully saturated rings. The average Bonchev–Trinajstić information content (AvgIpc) is 2.95. The third kappa shape index (κ3) is 2.87. The highest BCUT2D eigenvalue weighted by atomic mass is 16.3. The lowest BCUT2D eigenvalue weighted by atomic mass is 10.0. The summed E-state index contributed by atoms with van der Waals surface area (Å²) in [6.45, 7) is 5.54. The predicted molar refractivity (Wildman–Crippen MR) is 67.7 cm³/mol. The second-order valence-corrected chi connectivity index (χ2v) is 5.42. The standard InChI is InChI=1S/C13H23N3O/c1-10(12-8-16(3)15-11(12)2)14-9-13(4-5-13)6-7-17/h8,10,14,17H,4-7,9H2,1-3H3. The maximum atomic E-state index is 9.03. The molecule has 0 spiro atoms. The lowest BCUT2D eigenvalue weighted by Gasteiger charge is -2.19. The van der Waals surface area contributed by atoms with Crippen LogP contribution in [-0.2, 0) is 7.05 Å². The van der Waals surface area contributed by atoms with Gasteiger partial charge in [0.05, 0.1) is 5.69 Å². The minimum atomic E-state index is 0.308. The summed E-state index contributed by atoms with van der Waals surface area (Å²) in [4.78, 5) is 0. The van der Waals surface area contributed by atoms with Crippen LogP contribution >= 0.6 is 0 Å². The molecule has 0 aliphatic heterocycles. The van der Waals surface area contributed by atoms with Crippen LogP contribution in [0.15, 0.2) is 6.20 Å². The van der Waals surface area contributed by atoms with Crippen molar-refractivity contribution >= 4 is 0 Å². The molecule has 96 valence electrons. The number of rotatable bonds is 6. The van der Waals surface area contributed by atoms with Gasteiger partial charge in [-0.15, -0.1) is 0 Å². The van der Waals surface area contributed by atoms with Gasteiger partial charge in [-0.1, -0.05) is 0 Å². The summed E-state index contributed by atoms with van der Waals surface area (Å²) in [5, 5.41) is 17.0. The molecule has 17 heavy (non-hydrogen) atoms. The highest BCUT2D eigenvalue weighted by molar-refractivity contribution is 5.19. The molecule has 2 rings (SSSR count). The molecule has 2 N–H and O–H groups in total. The molecule has 1 aliphatic rings. The van der Waals surface area contributed by atoms with Crippen LogP contribution in [0.3, 0.4) is 0 Å². The number of nitrogens with zero attached hydrogens (tertiary/aromatic N) is 2. The van der Waals surface area contributed by atoms with E-state index in [9.17, 15) is 0 Å². The smallest absolute Gasteiger partial charge is 0.0641 e. The number of aliphatic hydroxyl groups excluding tert-OH is 1. The molecular formula is C13H23N3O. The molecule has 1 atom stereocenters. The minimum Gasteiger partial charge on any atom is -0.396 e. The number of aryl methyl sites for hydroxylation is 2. The molecule has 1 aliphatic carbocycles. The van der Waals surface area contributed by atoms with Crippen molar-refractivity contribution in [2.24, 2.45) is 12.5 Å². The highest BCUT2D eigenvalue weighted by Gasteiger charge is 2.41. The van der Waals surface area contributed by atoms with Crippen molar-refractivity contribution in [1.29, 1.82) is 0 Å². The van der Waals surface area contributed by atoms with Gasteiger partial charge >= 0.3 is 0 Å². The van der Waals surface area contributed by atoms with E-state index in [0.717, 1.165) is 18.7 Å². The van der Waals surface area contributed by atoms with Gasteiger partial charge in [0.15, 0.2) is 0 Å². The summed E-state index contributed by atoms with van der Waals surface area (Å²) in [5.41, 5.74) is 2.74. The van der Waals surface area contributed by atoms with E-state index in [0.29, 0.717) is 18.1 Å². The normalized spacial score (nSPS) is 19.3. The van der Waals surface area contributed by atoms with Crippen molar-refractivity contribution in [2.45, 2.75) is 39.2 Å². The van der Waals surface area contributed by atoms with Crippen molar-refractivity contribution in [3.05, 3.63) is 17.5 Å². The molecule has 0 saturated heterocycles. The molecule has 1 unspecified atom stereocenters. The average molecular weight is 237 g/mol. The summed E-state index contributed by atoms with van der Waals surface area (Å²) in [6.07, 6.45) is 5.51. The van der Waals surface area contributed by atoms with Crippen molar-refractivity contribution in [3.8, 4) is 0 Å². The van der Waals surface area contributed by atoms with E-state index in [2.05, 4.69) is 23.5 Å². The van der Waals surface area contributed by atoms with Crippen LogP contribution < -0.4 is 5.32 Å². The van der Waals surface area contributed by atoms with Gasteiger partial charge in [0, 0.05) is 38.0 Å². The monoisotopic (exact) mass is 237 g/mol. The number of hydrogen-bond donors (Lipinski definition) is 2. The van der Waals surface area contributed by atoms with Gasteiger partial charge in [-0.3, -0.25) is 4.68 Å². The van der Waals surface area contributed by atoms with Gasteiger partial charge in [0.2, 0.25) is 0 Å². The Labute approximate surface area is 103 Å². The molecule has 1 aromatic heterocycles. The number of aliphatic hydroxyl groups is 1. The van der Waals surface area contributed by atoms with Gasteiger partial charge < -0.3 is 10.4 Å². The van der Waals surface area contributed by atoms with E-state index in [1.54, 1.807) is 0 Å². The first-order valence-electron chi connectivity index (χ1n) is 6.41. The van der Waals surface area contributed by atoms with Crippen LogP contribution in [0.5, 0.6) is 0 Å². The molecule has 4 nitrogen and oxygen atoms in total. The fourth-order valence-corrected chi connectivity index (χ4v) is 2.45. The van der Waals surface area contributed by atoms with Gasteiger partial charge in [-0.05, 0) is 38.5 Å². The Morgan fingerprint density at radius 3 is 2.76 bits per heavy atom. The zero-order chi connectivity index (χ0) is 12.5. The van der Waals surface area contributed by atoms with Crippen molar-refractivity contribution in [1.82, 2.24) is 15.1 Å². The fourth-order valence-electron chi connectivity index (χ4n) is 2.45. The Kier molecular flexibility index (Phi) is 3.54. The molecular weight excluding hydrogens is 214 g/mol. The van der Waals surface area contributed by atoms with Crippen LogP contribution in [0.25, 0.3) is 0 Å². The van der Waals surface area contributed by atoms with E-state index in [4.69, 9.17) is 5.11 Å². The zero-order valence-electron chi connectivity index (χ0n) is 11.0. The first kappa shape index (κ1) is 12.6. The van der Waals surface area contributed by atoms with Crippen molar-refractivity contribution in [2.75, 3.05) is 13.2 Å². The van der Waals surface area contributed by atoms with Crippen LogP contribution in [0.2, 0.25) is 0 Å². The van der Waals surface area contributed by atoms with E-state index in [1.807, 2.05) is 18.7 Å². The second kappa shape index (κ2) is 4.78. The van der Waals surface area contributed by atoms with Crippen LogP contribution in [0.4, 0.5) is 0 Å². The molecule has 0 amide bonds. The Hall–Kier alpha value is -0.870. The van der Waals surface area contributed by atoms with E-state index in [1.165, 1.54) is 18.4 Å². The second-order valence-electron chi connectivity index (χ2n) is 5.42. The zero-order valence-corrected chi connectivity index (χ0v) is 11.0. The third-order valence-corrected chi connectivity index (χ3v) is 3.90. The lowest BCUT2D eigenvalue weighted by molar-refractivity contribution is 0.243. The van der Waals surface area contributed by atoms with Gasteiger partial charge in [-0.2, -0.15) is 5.10 Å². The van der Waals surface area contributed by atoms with E-state index in [-0.39, 0.29) is 0 Å². The van der Waals surface area contributed by atoms with Gasteiger partial charge in [-0.25, -0.2) is 0 Å². The molecule has 1 saturated carbocycles.